The zero-order valence-corrected chi connectivity index (χ0v) is 11.0. The van der Waals surface area contributed by atoms with Crippen LogP contribution in [0, 0.1) is 11.3 Å². The smallest absolute Gasteiger partial charge is 0.169 e. The maximum atomic E-state index is 12.9. The first-order valence-corrected chi connectivity index (χ1v) is 7.08. The van der Waals surface area contributed by atoms with Crippen molar-refractivity contribution in [2.75, 3.05) is 0 Å². The Bertz CT molecular complexity index is 587. The first kappa shape index (κ1) is 10.8. The first-order chi connectivity index (χ1) is 8.69. The fourth-order valence-corrected chi connectivity index (χ4v) is 4.35. The summed E-state index contributed by atoms with van der Waals surface area (Å²) in [7, 11) is 0. The molecule has 2 bridgehead atoms. The molecule has 0 amide bonds. The van der Waals surface area contributed by atoms with E-state index in [1.165, 1.54) is 11.1 Å². The van der Waals surface area contributed by atoms with Crippen molar-refractivity contribution >= 4 is 17.4 Å². The van der Waals surface area contributed by atoms with Gasteiger partial charge < -0.3 is 0 Å². The highest BCUT2D eigenvalue weighted by molar-refractivity contribution is 6.31. The van der Waals surface area contributed by atoms with Gasteiger partial charge in [-0.3, -0.25) is 4.79 Å². The Morgan fingerprint density at radius 3 is 2.94 bits per heavy atom. The summed E-state index contributed by atoms with van der Waals surface area (Å²) >= 11 is 6.05. The minimum Gasteiger partial charge on any atom is -0.294 e. The zero-order valence-electron chi connectivity index (χ0n) is 10.2. The van der Waals surface area contributed by atoms with Crippen LogP contribution in [0.15, 0.2) is 29.8 Å². The molecule has 0 heterocycles. The molecular weight excluding hydrogens is 244 g/mol. The average Bonchev–Trinajstić information content (AvgIpc) is 2.96. The molecule has 0 aromatic heterocycles. The van der Waals surface area contributed by atoms with Gasteiger partial charge in [0.05, 0.1) is 0 Å². The highest BCUT2D eigenvalue weighted by Gasteiger charge is 2.53. The van der Waals surface area contributed by atoms with Crippen LogP contribution in [-0.4, -0.2) is 5.78 Å². The molecule has 2 unspecified atom stereocenters. The maximum absolute atomic E-state index is 12.9. The summed E-state index contributed by atoms with van der Waals surface area (Å²) in [5.41, 5.74) is 3.51. The molecule has 2 heteroatoms. The normalized spacial score (nSPS) is 32.8. The number of hydrogen-bond donors (Lipinski definition) is 0. The van der Waals surface area contributed by atoms with E-state index in [2.05, 4.69) is 6.08 Å². The molecule has 1 fully saturated rings. The lowest BCUT2D eigenvalue weighted by molar-refractivity contribution is 0.0671. The molecule has 1 aromatic rings. The van der Waals surface area contributed by atoms with Gasteiger partial charge in [-0.2, -0.15) is 0 Å². The molecule has 1 aromatic carbocycles. The second kappa shape index (κ2) is 3.48. The van der Waals surface area contributed by atoms with Crippen molar-refractivity contribution < 1.29 is 4.79 Å². The SMILES string of the molecule is O=C1c2cc(Cl)ccc2CCC12CC1=CCC2C1. The van der Waals surface area contributed by atoms with Crippen molar-refractivity contribution in [3.8, 4) is 0 Å². The summed E-state index contributed by atoms with van der Waals surface area (Å²) < 4.78 is 0. The van der Waals surface area contributed by atoms with Gasteiger partial charge in [-0.05, 0) is 55.7 Å². The molecule has 1 nitrogen and oxygen atoms in total. The lowest BCUT2D eigenvalue weighted by Gasteiger charge is -2.38. The van der Waals surface area contributed by atoms with Crippen LogP contribution in [0.3, 0.4) is 0 Å². The third-order valence-corrected chi connectivity index (χ3v) is 5.37. The van der Waals surface area contributed by atoms with Gasteiger partial charge in [0.15, 0.2) is 5.78 Å². The van der Waals surface area contributed by atoms with E-state index in [1.807, 2.05) is 18.2 Å². The monoisotopic (exact) mass is 258 g/mol. The average molecular weight is 259 g/mol. The highest BCUT2D eigenvalue weighted by Crippen LogP contribution is 2.58. The van der Waals surface area contributed by atoms with Crippen molar-refractivity contribution in [3.05, 3.63) is 46.0 Å². The van der Waals surface area contributed by atoms with E-state index in [4.69, 9.17) is 11.6 Å². The van der Waals surface area contributed by atoms with Crippen LogP contribution in [0.5, 0.6) is 0 Å². The molecule has 2 atom stereocenters. The number of hydrogen-bond acceptors (Lipinski definition) is 1. The number of benzene rings is 1. The number of ketones is 1. The summed E-state index contributed by atoms with van der Waals surface area (Å²) in [6, 6.07) is 5.80. The van der Waals surface area contributed by atoms with E-state index in [-0.39, 0.29) is 5.41 Å². The van der Waals surface area contributed by atoms with Crippen molar-refractivity contribution in [1.82, 2.24) is 0 Å². The van der Waals surface area contributed by atoms with E-state index in [1.54, 1.807) is 0 Å². The fourth-order valence-electron chi connectivity index (χ4n) is 4.18. The number of carbonyl (C=O) groups excluding carboxylic acids is 1. The van der Waals surface area contributed by atoms with Crippen LogP contribution < -0.4 is 0 Å². The van der Waals surface area contributed by atoms with Gasteiger partial charge >= 0.3 is 0 Å². The van der Waals surface area contributed by atoms with E-state index < -0.39 is 0 Å². The van der Waals surface area contributed by atoms with Gasteiger partial charge in [0.2, 0.25) is 0 Å². The van der Waals surface area contributed by atoms with Crippen molar-refractivity contribution in [3.63, 3.8) is 0 Å². The van der Waals surface area contributed by atoms with Gasteiger partial charge in [-0.1, -0.05) is 29.3 Å². The molecule has 3 aliphatic rings. The molecule has 0 saturated heterocycles. The molecule has 1 spiro atoms. The Balaban J connectivity index is 1.83. The van der Waals surface area contributed by atoms with Crippen LogP contribution in [-0.2, 0) is 6.42 Å². The number of halogens is 1. The van der Waals surface area contributed by atoms with Crippen LogP contribution >= 0.6 is 11.6 Å². The Morgan fingerprint density at radius 2 is 2.22 bits per heavy atom. The second-order valence-electron chi connectivity index (χ2n) is 5.96. The van der Waals surface area contributed by atoms with Crippen LogP contribution in [0.1, 0.15) is 41.6 Å². The maximum Gasteiger partial charge on any atom is 0.169 e. The number of fused-ring (bicyclic) bond motifs is 4. The lowest BCUT2D eigenvalue weighted by Crippen LogP contribution is -2.39. The second-order valence-corrected chi connectivity index (χ2v) is 6.40. The first-order valence-electron chi connectivity index (χ1n) is 6.70. The Kier molecular flexibility index (Phi) is 2.09. The van der Waals surface area contributed by atoms with Crippen LogP contribution in [0.2, 0.25) is 5.02 Å². The summed E-state index contributed by atoms with van der Waals surface area (Å²) in [6.45, 7) is 0. The molecule has 3 aliphatic carbocycles. The Morgan fingerprint density at radius 1 is 1.33 bits per heavy atom. The van der Waals surface area contributed by atoms with Crippen LogP contribution in [0.25, 0.3) is 0 Å². The number of rotatable bonds is 0. The minimum atomic E-state index is -0.0816. The van der Waals surface area contributed by atoms with Gasteiger partial charge in [-0.25, -0.2) is 0 Å². The number of aryl methyl sites for hydroxylation is 1. The fraction of sp³-hybridized carbons (Fsp3) is 0.438. The minimum absolute atomic E-state index is 0.0816. The van der Waals surface area contributed by atoms with E-state index in [0.717, 1.165) is 37.7 Å². The van der Waals surface area contributed by atoms with E-state index in [0.29, 0.717) is 16.7 Å². The third kappa shape index (κ3) is 1.26. The predicted molar refractivity (Wildman–Crippen MR) is 72.0 cm³/mol. The van der Waals surface area contributed by atoms with Crippen LogP contribution in [0.4, 0.5) is 0 Å². The molecule has 0 aliphatic heterocycles. The summed E-state index contributed by atoms with van der Waals surface area (Å²) in [4.78, 5) is 12.9. The standard InChI is InChI=1S/C16H15ClO/c17-13-4-2-11-5-6-16(15(18)14(11)8-13)9-10-1-3-12(16)7-10/h1-2,4,8,12H,3,5-7,9H2. The number of Topliss-reactive ketones (excluding diaryl/α,β-unsaturated/α-hetero) is 1. The van der Waals surface area contributed by atoms with E-state index >= 15 is 0 Å². The van der Waals surface area contributed by atoms with Crippen molar-refractivity contribution in [2.24, 2.45) is 11.3 Å². The quantitative estimate of drug-likeness (QED) is 0.638. The topological polar surface area (TPSA) is 17.1 Å². The zero-order chi connectivity index (χ0) is 12.3. The molecular formula is C16H15ClO. The molecule has 92 valence electrons. The lowest BCUT2D eigenvalue weighted by atomic mass is 9.63. The molecule has 4 rings (SSSR count). The predicted octanol–water partition coefficient (Wildman–Crippen LogP) is 4.20. The molecule has 1 saturated carbocycles. The molecule has 18 heavy (non-hydrogen) atoms. The van der Waals surface area contributed by atoms with Crippen molar-refractivity contribution in [2.45, 2.75) is 32.1 Å². The Hall–Kier alpha value is -1.08. The summed E-state index contributed by atoms with van der Waals surface area (Å²) in [5, 5.41) is 0.682. The Labute approximate surface area is 112 Å². The third-order valence-electron chi connectivity index (χ3n) is 5.13. The molecule has 0 radical (unpaired) electrons. The van der Waals surface area contributed by atoms with Gasteiger partial charge in [-0.15, -0.1) is 0 Å². The largest absolute Gasteiger partial charge is 0.294 e. The van der Waals surface area contributed by atoms with E-state index in [9.17, 15) is 4.79 Å². The van der Waals surface area contributed by atoms with Gasteiger partial charge in [0.1, 0.15) is 0 Å². The summed E-state index contributed by atoms with van der Waals surface area (Å²) in [5.74, 6) is 0.923. The van der Waals surface area contributed by atoms with Gasteiger partial charge in [0.25, 0.3) is 0 Å². The molecule has 0 N–H and O–H groups in total. The van der Waals surface area contributed by atoms with Gasteiger partial charge in [0, 0.05) is 16.0 Å². The summed E-state index contributed by atoms with van der Waals surface area (Å²) in [6.07, 6.45) is 7.67. The highest BCUT2D eigenvalue weighted by atomic mass is 35.5. The number of allylic oxidation sites excluding steroid dienone is 2. The van der Waals surface area contributed by atoms with Crippen molar-refractivity contribution in [1.29, 1.82) is 0 Å². The number of carbonyl (C=O) groups is 1.